The molecule has 0 aliphatic heterocycles. The van der Waals surface area contributed by atoms with E-state index in [-0.39, 0.29) is 0 Å². The Morgan fingerprint density at radius 2 is 0.231 bits per heavy atom. The summed E-state index contributed by atoms with van der Waals surface area (Å²) >= 11 is 0. The minimum atomic E-state index is 1.25. The highest BCUT2D eigenvalue weighted by Crippen LogP contribution is 2.00. The Kier molecular flexibility index (Phi) is 399. The molecule has 0 nitrogen and oxygen atoms in total. The fourth-order valence-electron chi connectivity index (χ4n) is 1.88. The third-order valence-electron chi connectivity index (χ3n) is 5.08. The van der Waals surface area contributed by atoms with E-state index in [1.807, 2.05) is 55.4 Å². The number of hydrogen-bond acceptors (Lipinski definition) is 0. The minimum absolute atomic E-state index is 1.25. The maximum absolute atomic E-state index is 2.25. The Balaban J connectivity index is -0.0000000254. The van der Waals surface area contributed by atoms with Crippen LogP contribution < -0.4 is 0 Å². The Bertz CT molecular complexity index is 182. The van der Waals surface area contributed by atoms with Crippen LogP contribution in [0.4, 0.5) is 0 Å². The van der Waals surface area contributed by atoms with Gasteiger partial charge in [-0.1, -0.05) is 348 Å². The summed E-state index contributed by atoms with van der Waals surface area (Å²) in [6, 6.07) is 0. The molecule has 0 radical (unpaired) electrons. The van der Waals surface area contributed by atoms with E-state index in [1.54, 1.807) is 0 Å². The summed E-state index contributed by atoms with van der Waals surface area (Å²) in [5, 5.41) is 0. The first-order valence-corrected chi connectivity index (χ1v) is 25.1. The molecule has 0 N–H and O–H groups in total. The van der Waals surface area contributed by atoms with Gasteiger partial charge in [-0.15, -0.1) is 0 Å². The maximum Gasteiger partial charge on any atom is -0.0533 e. The molecule has 0 rings (SSSR count). The highest BCUT2D eigenvalue weighted by atomic mass is 13.9. The van der Waals surface area contributed by atoms with Crippen molar-refractivity contribution in [2.24, 2.45) is 0 Å². The summed E-state index contributed by atoms with van der Waals surface area (Å²) in [6.07, 6.45) is 32.4. The molecular weight excluding hydrogens is 625 g/mol. The largest absolute Gasteiger partial charge is 0.0683 e. The molecule has 0 aliphatic rings. The highest BCUT2D eigenvalue weighted by Gasteiger charge is 1.80. The molecule has 0 atom stereocenters. The number of hydrogen-bond donors (Lipinski definition) is 0. The van der Waals surface area contributed by atoms with Crippen LogP contribution in [0.2, 0.25) is 0 Å². The Morgan fingerprint density at radius 3 is 0.288 bits per heavy atom. The zero-order chi connectivity index (χ0) is 45.0. The lowest BCUT2D eigenvalue weighted by molar-refractivity contribution is 0.656. The molecular formula is C52H132. The molecule has 0 saturated heterocycles. The molecule has 0 aliphatic carbocycles. The van der Waals surface area contributed by atoms with Crippen LogP contribution in [-0.2, 0) is 0 Å². The second kappa shape index (κ2) is 221. The van der Waals surface area contributed by atoms with Gasteiger partial charge in [0.05, 0.1) is 0 Å². The summed E-state index contributed by atoms with van der Waals surface area (Å²) in [5.41, 5.74) is 0. The van der Waals surface area contributed by atoms with Crippen molar-refractivity contribution >= 4 is 0 Å². The molecule has 0 fully saturated rings. The fourth-order valence-corrected chi connectivity index (χ4v) is 1.88. The predicted molar refractivity (Wildman–Crippen MR) is 270 cm³/mol. The number of unbranched alkanes of at least 4 members (excludes halogenated alkanes) is 14. The van der Waals surface area contributed by atoms with E-state index in [9.17, 15) is 0 Å². The molecule has 0 unspecified atom stereocenters. The summed E-state index contributed by atoms with van der Waals surface area (Å²) in [6.45, 7) is 59.6. The highest BCUT2D eigenvalue weighted by molar-refractivity contribution is 4.36. The molecule has 0 amide bonds. The van der Waals surface area contributed by atoms with Crippen molar-refractivity contribution in [1.82, 2.24) is 0 Å². The summed E-state index contributed by atoms with van der Waals surface area (Å²) in [4.78, 5) is 0. The van der Waals surface area contributed by atoms with Gasteiger partial charge in [-0.3, -0.25) is 0 Å². The quantitative estimate of drug-likeness (QED) is 0.155. The van der Waals surface area contributed by atoms with Crippen LogP contribution in [0, 0.1) is 0 Å². The summed E-state index contributed by atoms with van der Waals surface area (Å²) < 4.78 is 0. The Labute approximate surface area is 346 Å². The normalized spacial score (nSPS) is 7.15. The van der Waals surface area contributed by atoms with E-state index in [4.69, 9.17) is 0 Å². The lowest BCUT2D eigenvalue weighted by atomic mass is 10.2. The van der Waals surface area contributed by atoms with Gasteiger partial charge in [0.1, 0.15) is 0 Å². The van der Waals surface area contributed by atoms with Crippen LogP contribution in [0.25, 0.3) is 0 Å². The third-order valence-corrected chi connectivity index (χ3v) is 5.08. The van der Waals surface area contributed by atoms with E-state index < -0.39 is 0 Å². The smallest absolute Gasteiger partial charge is 0.0533 e. The van der Waals surface area contributed by atoms with Crippen molar-refractivity contribution in [3.05, 3.63) is 0 Å². The molecule has 0 saturated carbocycles. The molecule has 0 aromatic carbocycles. The van der Waals surface area contributed by atoms with E-state index in [1.165, 1.54) is 154 Å². The topological polar surface area (TPSA) is 0 Å². The van der Waals surface area contributed by atoms with E-state index in [0.717, 1.165) is 0 Å². The molecule has 0 spiro atoms. The lowest BCUT2D eigenvalue weighted by Gasteiger charge is -1.90. The first-order chi connectivity index (χ1) is 25.1. The average Bonchev–Trinajstić information content (AvgIpc) is 3.20. The van der Waals surface area contributed by atoms with Crippen molar-refractivity contribution in [1.29, 1.82) is 0 Å². The maximum atomic E-state index is 2.25. The monoisotopic (exact) mass is 757 g/mol. The van der Waals surface area contributed by atoms with Gasteiger partial charge in [-0.2, -0.15) is 0 Å². The van der Waals surface area contributed by atoms with Crippen LogP contribution >= 0.6 is 0 Å². The standard InChI is InChI=1S/C7H16.C6H14.2C5H12.3C4H10.3C3H8.4C2H6/c1-3-5-7-6-4-2;1-3-5-6-4-2;2*1-3-5-4-2;3*1-3-4-2;3*1-3-2;4*1-2/h3-7H2,1-2H3;3-6H2,1-2H3;2*3-5H2,1-2H3;3*3-4H2,1-2H3;3*3H2,1-2H3;4*1-2H3. The van der Waals surface area contributed by atoms with Crippen LogP contribution in [0.3, 0.4) is 0 Å². The van der Waals surface area contributed by atoms with Gasteiger partial charge in [-0.05, 0) is 0 Å². The van der Waals surface area contributed by atoms with Crippen LogP contribution in [-0.4, -0.2) is 0 Å². The van der Waals surface area contributed by atoms with Gasteiger partial charge in [0.15, 0.2) is 0 Å². The van der Waals surface area contributed by atoms with Crippen LogP contribution in [0.1, 0.15) is 348 Å². The van der Waals surface area contributed by atoms with Crippen molar-refractivity contribution in [2.75, 3.05) is 0 Å². The minimum Gasteiger partial charge on any atom is -0.0683 e. The second-order valence-electron chi connectivity index (χ2n) is 11.6. The SMILES string of the molecule is CC.CC.CC.CC.CCC.CCC.CCC.CCCC.CCCC.CCCC.CCCCC.CCCCC.CCCCCC.CCCCCCC. The Hall–Kier alpha value is 0. The van der Waals surface area contributed by atoms with Gasteiger partial charge in [0.25, 0.3) is 0 Å². The molecule has 52 heavy (non-hydrogen) atoms. The predicted octanol–water partition coefficient (Wildman–Crippen LogP) is 23.7. The molecule has 0 heterocycles. The van der Waals surface area contributed by atoms with Crippen molar-refractivity contribution < 1.29 is 0 Å². The third kappa shape index (κ3) is 612. The molecule has 0 bridgehead atoms. The van der Waals surface area contributed by atoms with Gasteiger partial charge >= 0.3 is 0 Å². The van der Waals surface area contributed by atoms with E-state index >= 15 is 0 Å². The van der Waals surface area contributed by atoms with Gasteiger partial charge in [0, 0.05) is 0 Å². The van der Waals surface area contributed by atoms with Crippen LogP contribution in [0.15, 0.2) is 0 Å². The van der Waals surface area contributed by atoms with Gasteiger partial charge in [0.2, 0.25) is 0 Å². The first-order valence-electron chi connectivity index (χ1n) is 25.1. The molecule has 0 aromatic rings. The summed E-state index contributed by atoms with van der Waals surface area (Å²) in [5.74, 6) is 0. The molecule has 340 valence electrons. The van der Waals surface area contributed by atoms with E-state index in [2.05, 4.69) is 138 Å². The second-order valence-corrected chi connectivity index (χ2v) is 11.6. The Morgan fingerprint density at radius 1 is 0.135 bits per heavy atom. The number of rotatable bonds is 14. The lowest BCUT2D eigenvalue weighted by Crippen LogP contribution is -1.70. The van der Waals surface area contributed by atoms with Crippen molar-refractivity contribution in [3.8, 4) is 0 Å². The van der Waals surface area contributed by atoms with Crippen LogP contribution in [0.5, 0.6) is 0 Å². The zero-order valence-corrected chi connectivity index (χ0v) is 45.0. The van der Waals surface area contributed by atoms with Crippen molar-refractivity contribution in [2.45, 2.75) is 348 Å². The first kappa shape index (κ1) is 93.7. The fraction of sp³-hybridized carbons (Fsp3) is 1.00. The molecule has 0 aromatic heterocycles. The summed E-state index contributed by atoms with van der Waals surface area (Å²) in [7, 11) is 0. The van der Waals surface area contributed by atoms with Crippen molar-refractivity contribution in [3.63, 3.8) is 0 Å². The van der Waals surface area contributed by atoms with Gasteiger partial charge in [-0.25, -0.2) is 0 Å². The molecule has 0 heteroatoms. The average molecular weight is 758 g/mol. The van der Waals surface area contributed by atoms with Gasteiger partial charge < -0.3 is 0 Å². The van der Waals surface area contributed by atoms with E-state index in [0.29, 0.717) is 0 Å². The zero-order valence-electron chi connectivity index (χ0n) is 45.0.